The molecule has 0 spiro atoms. The topological polar surface area (TPSA) is 89.3 Å². The number of pyridine rings is 1. The van der Waals surface area contributed by atoms with E-state index in [4.69, 9.17) is 9.26 Å². The van der Waals surface area contributed by atoms with Gasteiger partial charge in [0.05, 0.1) is 7.11 Å². The summed E-state index contributed by atoms with van der Waals surface area (Å²) in [6.45, 7) is 2.47. The molecule has 0 aliphatic carbocycles. The van der Waals surface area contributed by atoms with Crippen LogP contribution in [-0.4, -0.2) is 29.7 Å². The Bertz CT molecular complexity index is 875. The molecule has 0 atom stereocenters. The van der Waals surface area contributed by atoms with Gasteiger partial charge in [-0.2, -0.15) is 0 Å². The molecule has 7 heteroatoms. The highest BCUT2D eigenvalue weighted by molar-refractivity contribution is 6.04. The lowest BCUT2D eigenvalue weighted by molar-refractivity contribution is 0.102. The Morgan fingerprint density at radius 3 is 2.65 bits per heavy atom. The van der Waals surface area contributed by atoms with E-state index >= 15 is 0 Å². The van der Waals surface area contributed by atoms with Crippen LogP contribution in [0.3, 0.4) is 0 Å². The van der Waals surface area contributed by atoms with Gasteiger partial charge in [-0.3, -0.25) is 4.79 Å². The van der Waals surface area contributed by atoms with E-state index in [1.54, 1.807) is 38.4 Å². The number of anilines is 2. The van der Waals surface area contributed by atoms with Crippen molar-refractivity contribution in [1.82, 2.24) is 10.1 Å². The van der Waals surface area contributed by atoms with Crippen molar-refractivity contribution in [2.45, 2.75) is 13.3 Å². The van der Waals surface area contributed by atoms with Gasteiger partial charge in [-0.15, -0.1) is 0 Å². The zero-order valence-electron chi connectivity index (χ0n) is 14.7. The fourth-order valence-corrected chi connectivity index (χ4v) is 2.41. The Labute approximate surface area is 151 Å². The van der Waals surface area contributed by atoms with Gasteiger partial charge < -0.3 is 19.9 Å². The maximum absolute atomic E-state index is 12.3. The Balaban J connectivity index is 1.55. The molecule has 134 valence electrons. The second-order valence-electron chi connectivity index (χ2n) is 5.73. The average Bonchev–Trinajstić information content (AvgIpc) is 3.07. The van der Waals surface area contributed by atoms with Crippen molar-refractivity contribution < 1.29 is 14.1 Å². The summed E-state index contributed by atoms with van der Waals surface area (Å²) in [4.78, 5) is 16.5. The van der Waals surface area contributed by atoms with Crippen molar-refractivity contribution in [1.29, 1.82) is 0 Å². The molecule has 2 aromatic heterocycles. The molecule has 1 aromatic carbocycles. The van der Waals surface area contributed by atoms with Gasteiger partial charge in [0.15, 0.2) is 5.82 Å². The molecule has 7 nitrogen and oxygen atoms in total. The number of benzene rings is 1. The van der Waals surface area contributed by atoms with Gasteiger partial charge in [0, 0.05) is 24.4 Å². The van der Waals surface area contributed by atoms with E-state index in [1.807, 2.05) is 24.3 Å². The van der Waals surface area contributed by atoms with Crippen LogP contribution >= 0.6 is 0 Å². The lowest BCUT2D eigenvalue weighted by Gasteiger charge is -2.08. The minimum Gasteiger partial charge on any atom is -0.497 e. The van der Waals surface area contributed by atoms with Gasteiger partial charge in [-0.25, -0.2) is 4.98 Å². The summed E-state index contributed by atoms with van der Waals surface area (Å²) in [6.07, 6.45) is 2.43. The molecule has 0 saturated carbocycles. The maximum atomic E-state index is 12.3. The average molecular weight is 352 g/mol. The van der Waals surface area contributed by atoms with Crippen LogP contribution in [-0.2, 0) is 6.42 Å². The number of ether oxygens (including phenoxy) is 1. The number of amides is 1. The van der Waals surface area contributed by atoms with E-state index in [1.165, 1.54) is 5.56 Å². The lowest BCUT2D eigenvalue weighted by atomic mass is 10.1. The molecule has 0 radical (unpaired) electrons. The smallest absolute Gasteiger partial charge is 0.257 e. The summed E-state index contributed by atoms with van der Waals surface area (Å²) < 4.78 is 10.1. The van der Waals surface area contributed by atoms with Gasteiger partial charge in [0.2, 0.25) is 0 Å². The number of methoxy groups -OCH3 is 1. The normalized spacial score (nSPS) is 10.4. The first kappa shape index (κ1) is 17.5. The van der Waals surface area contributed by atoms with Crippen LogP contribution in [0.15, 0.2) is 53.2 Å². The first-order valence-electron chi connectivity index (χ1n) is 8.21. The third-order valence-corrected chi connectivity index (χ3v) is 3.77. The van der Waals surface area contributed by atoms with Gasteiger partial charge in [0.1, 0.15) is 17.3 Å². The van der Waals surface area contributed by atoms with E-state index in [-0.39, 0.29) is 5.91 Å². The highest BCUT2D eigenvalue weighted by atomic mass is 16.5. The first-order chi connectivity index (χ1) is 12.6. The van der Waals surface area contributed by atoms with Crippen LogP contribution in [0, 0.1) is 6.92 Å². The number of nitrogens with one attached hydrogen (secondary N) is 2. The summed E-state index contributed by atoms with van der Waals surface area (Å²) in [5.41, 5.74) is 1.68. The number of carbonyl (C=O) groups excluding carboxylic acids is 1. The predicted octanol–water partition coefficient (Wildman–Crippen LogP) is 3.29. The lowest BCUT2D eigenvalue weighted by Crippen LogP contribution is -2.13. The summed E-state index contributed by atoms with van der Waals surface area (Å²) in [7, 11) is 1.65. The largest absolute Gasteiger partial charge is 0.497 e. The van der Waals surface area contributed by atoms with E-state index in [0.29, 0.717) is 29.5 Å². The number of hydrogen-bond acceptors (Lipinski definition) is 6. The van der Waals surface area contributed by atoms with Crippen LogP contribution in [0.2, 0.25) is 0 Å². The van der Waals surface area contributed by atoms with Crippen molar-refractivity contribution in [2.75, 3.05) is 24.3 Å². The first-order valence-corrected chi connectivity index (χ1v) is 8.21. The molecule has 0 aliphatic heterocycles. The molecule has 0 bridgehead atoms. The molecule has 2 heterocycles. The van der Waals surface area contributed by atoms with Gasteiger partial charge in [0.25, 0.3) is 5.91 Å². The quantitative estimate of drug-likeness (QED) is 0.678. The molecule has 0 fully saturated rings. The third-order valence-electron chi connectivity index (χ3n) is 3.77. The van der Waals surface area contributed by atoms with E-state index < -0.39 is 0 Å². The van der Waals surface area contributed by atoms with Crippen LogP contribution in [0.1, 0.15) is 21.7 Å². The standard InChI is InChI=1S/C19H20N4O3/c1-13-11-18(23-26-13)22-19(24)15-8-10-21-17(12-15)20-9-7-14-3-5-16(25-2)6-4-14/h3-6,8,10-12H,7,9H2,1-2H3,(H,20,21)(H,22,23,24). The second kappa shape index (κ2) is 8.15. The summed E-state index contributed by atoms with van der Waals surface area (Å²) in [5, 5.41) is 9.67. The monoisotopic (exact) mass is 352 g/mol. The van der Waals surface area contributed by atoms with Crippen molar-refractivity contribution >= 4 is 17.5 Å². The van der Waals surface area contributed by atoms with Crippen LogP contribution < -0.4 is 15.4 Å². The molecular formula is C19H20N4O3. The number of rotatable bonds is 7. The van der Waals surface area contributed by atoms with Crippen molar-refractivity contribution in [2.24, 2.45) is 0 Å². The van der Waals surface area contributed by atoms with E-state index in [2.05, 4.69) is 20.8 Å². The Hall–Kier alpha value is -3.35. The van der Waals surface area contributed by atoms with E-state index in [9.17, 15) is 4.79 Å². The fraction of sp³-hybridized carbons (Fsp3) is 0.211. The molecule has 0 aliphatic rings. The molecule has 2 N–H and O–H groups in total. The molecule has 0 unspecified atom stereocenters. The van der Waals surface area contributed by atoms with Crippen molar-refractivity contribution in [3.63, 3.8) is 0 Å². The van der Waals surface area contributed by atoms with Crippen LogP contribution in [0.5, 0.6) is 5.75 Å². The minimum absolute atomic E-state index is 0.265. The second-order valence-corrected chi connectivity index (χ2v) is 5.73. The molecule has 3 aromatic rings. The Kier molecular flexibility index (Phi) is 5.48. The van der Waals surface area contributed by atoms with Gasteiger partial charge in [-0.1, -0.05) is 17.3 Å². The number of aryl methyl sites for hydroxylation is 1. The van der Waals surface area contributed by atoms with E-state index in [0.717, 1.165) is 12.2 Å². The summed E-state index contributed by atoms with van der Waals surface area (Å²) in [6, 6.07) is 12.9. The van der Waals surface area contributed by atoms with Crippen LogP contribution in [0.25, 0.3) is 0 Å². The fourth-order valence-electron chi connectivity index (χ4n) is 2.41. The predicted molar refractivity (Wildman–Crippen MR) is 98.6 cm³/mol. The molecular weight excluding hydrogens is 332 g/mol. The third kappa shape index (κ3) is 4.60. The van der Waals surface area contributed by atoms with Crippen LogP contribution in [0.4, 0.5) is 11.6 Å². The molecule has 0 saturated heterocycles. The van der Waals surface area contributed by atoms with Gasteiger partial charge in [-0.05, 0) is 43.2 Å². The summed E-state index contributed by atoms with van der Waals surface area (Å²) in [5.74, 6) is 2.24. The zero-order valence-corrected chi connectivity index (χ0v) is 14.7. The van der Waals surface area contributed by atoms with Gasteiger partial charge >= 0.3 is 0 Å². The molecule has 3 rings (SSSR count). The summed E-state index contributed by atoms with van der Waals surface area (Å²) >= 11 is 0. The Morgan fingerprint density at radius 2 is 1.96 bits per heavy atom. The number of hydrogen-bond donors (Lipinski definition) is 2. The number of nitrogens with zero attached hydrogens (tertiary/aromatic N) is 2. The highest BCUT2D eigenvalue weighted by Gasteiger charge is 2.10. The highest BCUT2D eigenvalue weighted by Crippen LogP contribution is 2.13. The SMILES string of the molecule is COc1ccc(CCNc2cc(C(=O)Nc3cc(C)on3)ccn2)cc1. The number of aromatic nitrogens is 2. The zero-order chi connectivity index (χ0) is 18.4. The Morgan fingerprint density at radius 1 is 1.15 bits per heavy atom. The molecule has 26 heavy (non-hydrogen) atoms. The van der Waals surface area contributed by atoms with Crippen molar-refractivity contribution in [3.8, 4) is 5.75 Å². The molecule has 1 amide bonds. The number of carbonyl (C=O) groups is 1. The maximum Gasteiger partial charge on any atom is 0.257 e. The minimum atomic E-state index is -0.265. The van der Waals surface area contributed by atoms with Crippen molar-refractivity contribution in [3.05, 3.63) is 65.5 Å².